The molecule has 24 heavy (non-hydrogen) atoms. The van der Waals surface area contributed by atoms with Crippen molar-refractivity contribution in [1.82, 2.24) is 14.7 Å². The molecule has 0 spiro atoms. The van der Waals surface area contributed by atoms with Gasteiger partial charge in [-0.1, -0.05) is 0 Å². The lowest BCUT2D eigenvalue weighted by atomic mass is 10.1. The van der Waals surface area contributed by atoms with Crippen LogP contribution >= 0.6 is 0 Å². The molecule has 130 valence electrons. The molecule has 1 aliphatic carbocycles. The topological polar surface area (TPSA) is 41.3 Å². The van der Waals surface area contributed by atoms with Gasteiger partial charge < -0.3 is 5.11 Å². The van der Waals surface area contributed by atoms with E-state index in [1.807, 2.05) is 11.6 Å². The molecule has 0 atom stereocenters. The number of hydrogen-bond acceptors (Lipinski definition) is 3. The Morgan fingerprint density at radius 2 is 1.92 bits per heavy atom. The highest BCUT2D eigenvalue weighted by Gasteiger charge is 2.29. The summed E-state index contributed by atoms with van der Waals surface area (Å²) in [6.07, 6.45) is 4.42. The van der Waals surface area contributed by atoms with E-state index in [0.29, 0.717) is 6.04 Å². The third-order valence-electron chi connectivity index (χ3n) is 4.79. The predicted molar refractivity (Wildman–Crippen MR) is 92.7 cm³/mol. The fraction of sp³-hybridized carbons (Fsp3) is 0.526. The van der Waals surface area contributed by atoms with E-state index in [9.17, 15) is 4.39 Å². The molecule has 5 heteroatoms. The van der Waals surface area contributed by atoms with Crippen LogP contribution < -0.4 is 0 Å². The first-order valence-electron chi connectivity index (χ1n) is 8.76. The summed E-state index contributed by atoms with van der Waals surface area (Å²) >= 11 is 0. The van der Waals surface area contributed by atoms with E-state index < -0.39 is 0 Å². The number of aliphatic hydroxyl groups excluding tert-OH is 1. The van der Waals surface area contributed by atoms with Crippen molar-refractivity contribution in [2.45, 2.75) is 52.1 Å². The first-order valence-corrected chi connectivity index (χ1v) is 8.76. The van der Waals surface area contributed by atoms with Crippen molar-refractivity contribution in [3.05, 3.63) is 47.0 Å². The number of hydrogen-bond donors (Lipinski definition) is 1. The number of aliphatic hydroxyl groups is 1. The molecule has 1 aromatic heterocycles. The molecule has 1 aromatic carbocycles. The van der Waals surface area contributed by atoms with Crippen molar-refractivity contribution in [1.29, 1.82) is 0 Å². The molecular formula is C19H26FN3O. The number of aryl methyl sites for hydroxylation is 1. The van der Waals surface area contributed by atoms with Crippen molar-refractivity contribution in [2.24, 2.45) is 0 Å². The minimum absolute atomic E-state index is 0.232. The van der Waals surface area contributed by atoms with Gasteiger partial charge in [0.15, 0.2) is 0 Å². The van der Waals surface area contributed by atoms with Gasteiger partial charge in [0.05, 0.1) is 11.4 Å². The van der Waals surface area contributed by atoms with E-state index >= 15 is 0 Å². The molecule has 0 amide bonds. The number of unbranched alkanes of at least 4 members (excludes halogenated alkanes) is 1. The molecule has 1 heterocycles. The summed E-state index contributed by atoms with van der Waals surface area (Å²) in [5, 5.41) is 13.7. The van der Waals surface area contributed by atoms with E-state index in [1.165, 1.54) is 30.5 Å². The molecule has 2 aromatic rings. The largest absolute Gasteiger partial charge is 0.396 e. The lowest BCUT2D eigenvalue weighted by molar-refractivity contribution is 0.228. The summed E-state index contributed by atoms with van der Waals surface area (Å²) in [7, 11) is 0. The second-order valence-electron chi connectivity index (χ2n) is 6.67. The van der Waals surface area contributed by atoms with Gasteiger partial charge in [0, 0.05) is 30.5 Å². The minimum Gasteiger partial charge on any atom is -0.396 e. The number of rotatable bonds is 8. The second-order valence-corrected chi connectivity index (χ2v) is 6.67. The van der Waals surface area contributed by atoms with Crippen LogP contribution in [0.2, 0.25) is 0 Å². The Morgan fingerprint density at radius 1 is 1.21 bits per heavy atom. The summed E-state index contributed by atoms with van der Waals surface area (Å²) in [5.74, 6) is -0.232. The van der Waals surface area contributed by atoms with Crippen molar-refractivity contribution in [3.8, 4) is 5.69 Å². The highest BCUT2D eigenvalue weighted by molar-refractivity contribution is 5.37. The van der Waals surface area contributed by atoms with Crippen LogP contribution in [0.15, 0.2) is 24.3 Å². The summed E-state index contributed by atoms with van der Waals surface area (Å²) in [5.41, 5.74) is 4.30. The van der Waals surface area contributed by atoms with Crippen LogP contribution in [0.5, 0.6) is 0 Å². The van der Waals surface area contributed by atoms with Crippen LogP contribution in [-0.2, 0) is 6.54 Å². The molecule has 0 saturated heterocycles. The van der Waals surface area contributed by atoms with Gasteiger partial charge in [0.2, 0.25) is 0 Å². The molecular weight excluding hydrogens is 305 g/mol. The van der Waals surface area contributed by atoms with Gasteiger partial charge in [-0.15, -0.1) is 0 Å². The monoisotopic (exact) mass is 331 g/mol. The quantitative estimate of drug-likeness (QED) is 0.754. The minimum atomic E-state index is -0.232. The van der Waals surface area contributed by atoms with Crippen LogP contribution in [0.3, 0.4) is 0 Å². The molecule has 0 bridgehead atoms. The highest BCUT2D eigenvalue weighted by atomic mass is 19.1. The number of halogens is 1. The SMILES string of the molecule is Cc1nn(-c2ccc(F)cc2)c(C)c1CN(CCCCO)C1CC1. The van der Waals surface area contributed by atoms with Crippen molar-refractivity contribution >= 4 is 0 Å². The van der Waals surface area contributed by atoms with Crippen molar-refractivity contribution in [2.75, 3.05) is 13.2 Å². The predicted octanol–water partition coefficient (Wildman–Crippen LogP) is 3.37. The smallest absolute Gasteiger partial charge is 0.123 e. The zero-order valence-electron chi connectivity index (χ0n) is 14.5. The maximum absolute atomic E-state index is 13.1. The Bertz CT molecular complexity index is 677. The molecule has 1 N–H and O–H groups in total. The van der Waals surface area contributed by atoms with Gasteiger partial charge in [-0.2, -0.15) is 5.10 Å². The van der Waals surface area contributed by atoms with Gasteiger partial charge in [0.25, 0.3) is 0 Å². The highest BCUT2D eigenvalue weighted by Crippen LogP contribution is 2.30. The Labute approximate surface area is 142 Å². The normalized spacial score (nSPS) is 14.5. The Balaban J connectivity index is 1.79. The lowest BCUT2D eigenvalue weighted by Crippen LogP contribution is -2.27. The Hall–Kier alpha value is -1.72. The van der Waals surface area contributed by atoms with Gasteiger partial charge in [0.1, 0.15) is 5.82 Å². The fourth-order valence-electron chi connectivity index (χ4n) is 3.20. The molecule has 0 unspecified atom stereocenters. The lowest BCUT2D eigenvalue weighted by Gasteiger charge is -2.22. The molecule has 0 aliphatic heterocycles. The maximum atomic E-state index is 13.1. The van der Waals surface area contributed by atoms with Crippen LogP contribution in [-0.4, -0.2) is 39.0 Å². The maximum Gasteiger partial charge on any atom is 0.123 e. The van der Waals surface area contributed by atoms with Crippen LogP contribution in [0.4, 0.5) is 4.39 Å². The standard InChI is InChI=1S/C19H26FN3O/c1-14-19(13-22(17-9-10-17)11-3-4-12-24)15(2)23(21-14)18-7-5-16(20)6-8-18/h5-8,17,24H,3-4,9-13H2,1-2H3. The van der Waals surface area contributed by atoms with E-state index in [0.717, 1.165) is 43.0 Å². The van der Waals surface area contributed by atoms with Crippen molar-refractivity contribution < 1.29 is 9.50 Å². The fourth-order valence-corrected chi connectivity index (χ4v) is 3.20. The zero-order chi connectivity index (χ0) is 17.1. The number of aromatic nitrogens is 2. The summed E-state index contributed by atoms with van der Waals surface area (Å²) in [4.78, 5) is 2.52. The van der Waals surface area contributed by atoms with E-state index in [4.69, 9.17) is 5.11 Å². The molecule has 4 nitrogen and oxygen atoms in total. The van der Waals surface area contributed by atoms with Crippen LogP contribution in [0.1, 0.15) is 42.6 Å². The van der Waals surface area contributed by atoms with Crippen molar-refractivity contribution in [3.63, 3.8) is 0 Å². The summed E-state index contributed by atoms with van der Waals surface area (Å²) in [6.45, 7) is 6.30. The molecule has 3 rings (SSSR count). The average Bonchev–Trinajstić information content (AvgIpc) is 3.37. The molecule has 1 saturated carbocycles. The Morgan fingerprint density at radius 3 is 2.54 bits per heavy atom. The molecule has 1 fully saturated rings. The average molecular weight is 331 g/mol. The molecule has 1 aliphatic rings. The third kappa shape index (κ3) is 3.84. The van der Waals surface area contributed by atoms with E-state index in [1.54, 1.807) is 12.1 Å². The van der Waals surface area contributed by atoms with Gasteiger partial charge in [-0.3, -0.25) is 4.90 Å². The van der Waals surface area contributed by atoms with Gasteiger partial charge >= 0.3 is 0 Å². The van der Waals surface area contributed by atoms with Gasteiger partial charge in [-0.25, -0.2) is 9.07 Å². The number of benzene rings is 1. The molecule has 0 radical (unpaired) electrons. The number of nitrogens with zero attached hydrogens (tertiary/aromatic N) is 3. The Kier molecular flexibility index (Phi) is 5.31. The first-order chi connectivity index (χ1) is 11.6. The zero-order valence-corrected chi connectivity index (χ0v) is 14.5. The van der Waals surface area contributed by atoms with Gasteiger partial charge in [-0.05, 0) is 70.3 Å². The van der Waals surface area contributed by atoms with Crippen LogP contribution in [0, 0.1) is 19.7 Å². The second kappa shape index (κ2) is 7.45. The van der Waals surface area contributed by atoms with E-state index in [-0.39, 0.29) is 12.4 Å². The van der Waals surface area contributed by atoms with Crippen LogP contribution in [0.25, 0.3) is 5.69 Å². The summed E-state index contributed by atoms with van der Waals surface area (Å²) < 4.78 is 15.1. The first kappa shape index (κ1) is 17.1. The summed E-state index contributed by atoms with van der Waals surface area (Å²) in [6, 6.07) is 7.14. The third-order valence-corrected chi connectivity index (χ3v) is 4.79. The van der Waals surface area contributed by atoms with E-state index in [2.05, 4.69) is 16.9 Å².